The van der Waals surface area contributed by atoms with Gasteiger partial charge >= 0.3 is 6.01 Å². The molecule has 8 heteroatoms. The summed E-state index contributed by atoms with van der Waals surface area (Å²) in [6.07, 6.45) is 7.24. The third-order valence-corrected chi connectivity index (χ3v) is 8.93. The van der Waals surface area contributed by atoms with Gasteiger partial charge in [0, 0.05) is 24.6 Å². The standard InChI is InChI=1S/C41H42N2O6/c1-4-36-38(48-36)22-24-44-32-14-6-28(7-15-32)30-10-18-34(19-11-30)46-40-27(3)26-42-41(43-40)47-35-20-12-31(13-21-35)29-8-16-33(17-9-29)45-25-23-39-37(5-2)49-39/h6-21,26,36-39H,4-5,22-25H2,1-3H3. The maximum atomic E-state index is 6.14. The Hall–Kier alpha value is -4.92. The zero-order valence-corrected chi connectivity index (χ0v) is 28.2. The van der Waals surface area contributed by atoms with Crippen LogP contribution in [0.25, 0.3) is 22.3 Å². The van der Waals surface area contributed by atoms with Gasteiger partial charge in [-0.3, -0.25) is 0 Å². The van der Waals surface area contributed by atoms with E-state index in [0.29, 0.717) is 55.0 Å². The van der Waals surface area contributed by atoms with E-state index >= 15 is 0 Å². The summed E-state index contributed by atoms with van der Waals surface area (Å²) in [6, 6.07) is 32.3. The molecule has 1 aromatic heterocycles. The van der Waals surface area contributed by atoms with Gasteiger partial charge in [-0.15, -0.1) is 0 Å². The predicted molar refractivity (Wildman–Crippen MR) is 189 cm³/mol. The molecule has 0 radical (unpaired) electrons. The molecule has 0 N–H and O–H groups in total. The Kier molecular flexibility index (Phi) is 10.1. The first-order valence-electron chi connectivity index (χ1n) is 17.2. The van der Waals surface area contributed by atoms with Crippen molar-refractivity contribution in [2.24, 2.45) is 0 Å². The van der Waals surface area contributed by atoms with E-state index in [9.17, 15) is 0 Å². The number of hydrogen-bond acceptors (Lipinski definition) is 8. The minimum atomic E-state index is 0.213. The maximum absolute atomic E-state index is 6.14. The maximum Gasteiger partial charge on any atom is 0.325 e. The number of hydrogen-bond donors (Lipinski definition) is 0. The van der Waals surface area contributed by atoms with Gasteiger partial charge in [0.05, 0.1) is 37.6 Å². The van der Waals surface area contributed by atoms with Crippen molar-refractivity contribution >= 4 is 0 Å². The summed E-state index contributed by atoms with van der Waals surface area (Å²) < 4.78 is 35.1. The molecule has 0 bridgehead atoms. The lowest BCUT2D eigenvalue weighted by Crippen LogP contribution is -2.03. The summed E-state index contributed by atoms with van der Waals surface area (Å²) >= 11 is 0. The molecule has 49 heavy (non-hydrogen) atoms. The Balaban J connectivity index is 0.904. The number of benzene rings is 4. The van der Waals surface area contributed by atoms with Gasteiger partial charge in [-0.2, -0.15) is 4.98 Å². The summed E-state index contributed by atoms with van der Waals surface area (Å²) in [6.45, 7) is 7.54. The average Bonchev–Trinajstić information content (AvgIpc) is 4.07. The molecule has 2 fully saturated rings. The van der Waals surface area contributed by atoms with Crippen LogP contribution < -0.4 is 18.9 Å². The van der Waals surface area contributed by atoms with E-state index in [2.05, 4.69) is 48.1 Å². The molecule has 2 saturated heterocycles. The van der Waals surface area contributed by atoms with Crippen LogP contribution in [0, 0.1) is 6.92 Å². The monoisotopic (exact) mass is 658 g/mol. The number of aromatic nitrogens is 2. The zero-order chi connectivity index (χ0) is 33.6. The number of ether oxygens (including phenoxy) is 6. The van der Waals surface area contributed by atoms with Crippen LogP contribution in [0.1, 0.15) is 45.1 Å². The van der Waals surface area contributed by atoms with Crippen LogP contribution in [-0.4, -0.2) is 47.6 Å². The van der Waals surface area contributed by atoms with Crippen LogP contribution in [0.2, 0.25) is 0 Å². The average molecular weight is 659 g/mol. The first kappa shape index (κ1) is 32.6. The van der Waals surface area contributed by atoms with Crippen LogP contribution in [-0.2, 0) is 9.47 Å². The van der Waals surface area contributed by atoms with E-state index in [1.807, 2.05) is 79.7 Å². The fourth-order valence-corrected chi connectivity index (χ4v) is 5.87. The van der Waals surface area contributed by atoms with Crippen LogP contribution >= 0.6 is 0 Å². The van der Waals surface area contributed by atoms with Gasteiger partial charge in [0.1, 0.15) is 23.0 Å². The first-order chi connectivity index (χ1) is 24.0. The summed E-state index contributed by atoms with van der Waals surface area (Å²) in [4.78, 5) is 8.90. The lowest BCUT2D eigenvalue weighted by molar-refractivity contribution is 0.280. The molecular formula is C41H42N2O6. The lowest BCUT2D eigenvalue weighted by atomic mass is 10.1. The van der Waals surface area contributed by atoms with Crippen molar-refractivity contribution in [3.63, 3.8) is 0 Å². The highest BCUT2D eigenvalue weighted by Crippen LogP contribution is 2.32. The topological polar surface area (TPSA) is 87.8 Å². The highest BCUT2D eigenvalue weighted by molar-refractivity contribution is 5.66. The van der Waals surface area contributed by atoms with Gasteiger partial charge in [0.25, 0.3) is 0 Å². The second-order valence-electron chi connectivity index (χ2n) is 12.5. The number of rotatable bonds is 16. The van der Waals surface area contributed by atoms with E-state index < -0.39 is 0 Å². The molecule has 2 aliphatic heterocycles. The van der Waals surface area contributed by atoms with Crippen molar-refractivity contribution in [2.75, 3.05) is 13.2 Å². The molecule has 0 amide bonds. The molecule has 0 spiro atoms. The quantitative estimate of drug-likeness (QED) is 0.0969. The Morgan fingerprint density at radius 1 is 0.531 bits per heavy atom. The third-order valence-electron chi connectivity index (χ3n) is 8.93. The number of aryl methyl sites for hydroxylation is 1. The van der Waals surface area contributed by atoms with Crippen LogP contribution in [0.3, 0.4) is 0 Å². The SMILES string of the molecule is CCC1OC1CCOc1ccc(-c2ccc(Oc3ncc(C)c(Oc4ccc(-c5ccc(OCCC6OC6CC)cc5)cc4)n3)cc2)cc1. The Morgan fingerprint density at radius 2 is 0.939 bits per heavy atom. The van der Waals surface area contributed by atoms with Crippen LogP contribution in [0.15, 0.2) is 103 Å². The van der Waals surface area contributed by atoms with E-state index in [0.717, 1.165) is 65.0 Å². The van der Waals surface area contributed by atoms with Gasteiger partial charge < -0.3 is 28.4 Å². The molecule has 5 aromatic rings. The second kappa shape index (κ2) is 15.1. The van der Waals surface area contributed by atoms with Crippen molar-refractivity contribution in [3.05, 3.63) is 109 Å². The summed E-state index contributed by atoms with van der Waals surface area (Å²) in [5, 5.41) is 0. The number of nitrogens with zero attached hydrogens (tertiary/aromatic N) is 2. The van der Waals surface area contributed by atoms with E-state index in [1.54, 1.807) is 6.20 Å². The van der Waals surface area contributed by atoms with E-state index in [-0.39, 0.29) is 6.01 Å². The third kappa shape index (κ3) is 8.57. The largest absolute Gasteiger partial charge is 0.493 e. The molecule has 7 rings (SSSR count). The van der Waals surface area contributed by atoms with Crippen molar-refractivity contribution in [2.45, 2.75) is 70.9 Å². The molecule has 4 atom stereocenters. The lowest BCUT2D eigenvalue weighted by Gasteiger charge is -2.11. The highest BCUT2D eigenvalue weighted by atomic mass is 16.6. The van der Waals surface area contributed by atoms with Crippen molar-refractivity contribution in [3.8, 4) is 57.1 Å². The van der Waals surface area contributed by atoms with Gasteiger partial charge in [-0.1, -0.05) is 62.4 Å². The molecule has 3 heterocycles. The van der Waals surface area contributed by atoms with Crippen LogP contribution in [0.4, 0.5) is 0 Å². The van der Waals surface area contributed by atoms with Gasteiger partial charge in [-0.05, 0) is 90.6 Å². The molecule has 2 aliphatic rings. The zero-order valence-electron chi connectivity index (χ0n) is 28.2. The van der Waals surface area contributed by atoms with Crippen molar-refractivity contribution < 1.29 is 28.4 Å². The molecule has 4 unspecified atom stereocenters. The van der Waals surface area contributed by atoms with Gasteiger partial charge in [0.15, 0.2) is 0 Å². The predicted octanol–water partition coefficient (Wildman–Crippen LogP) is 9.60. The molecule has 8 nitrogen and oxygen atoms in total. The minimum Gasteiger partial charge on any atom is -0.493 e. The van der Waals surface area contributed by atoms with E-state index in [1.165, 1.54) is 0 Å². The summed E-state index contributed by atoms with van der Waals surface area (Å²) in [5.74, 6) is 3.47. The van der Waals surface area contributed by atoms with Gasteiger partial charge in [0.2, 0.25) is 5.88 Å². The summed E-state index contributed by atoms with van der Waals surface area (Å²) in [7, 11) is 0. The Labute approximate surface area is 288 Å². The highest BCUT2D eigenvalue weighted by Gasteiger charge is 2.37. The van der Waals surface area contributed by atoms with E-state index in [4.69, 9.17) is 28.4 Å². The fourth-order valence-electron chi connectivity index (χ4n) is 5.87. The van der Waals surface area contributed by atoms with Crippen LogP contribution in [0.5, 0.6) is 34.9 Å². The van der Waals surface area contributed by atoms with Crippen molar-refractivity contribution in [1.29, 1.82) is 0 Å². The van der Waals surface area contributed by atoms with Gasteiger partial charge in [-0.25, -0.2) is 4.98 Å². The smallest absolute Gasteiger partial charge is 0.325 e. The minimum absolute atomic E-state index is 0.213. The Bertz CT molecular complexity index is 1810. The first-order valence-corrected chi connectivity index (χ1v) is 17.2. The molecular weight excluding hydrogens is 616 g/mol. The molecule has 4 aromatic carbocycles. The second-order valence-corrected chi connectivity index (χ2v) is 12.5. The fraction of sp³-hybridized carbons (Fsp3) is 0.317. The molecule has 0 saturated carbocycles. The van der Waals surface area contributed by atoms with Crippen molar-refractivity contribution in [1.82, 2.24) is 9.97 Å². The number of epoxide rings is 2. The molecule has 0 aliphatic carbocycles. The molecule has 252 valence electrons. The summed E-state index contributed by atoms with van der Waals surface area (Å²) in [5.41, 5.74) is 5.15. The Morgan fingerprint density at radius 3 is 1.35 bits per heavy atom. The normalized spacial score (nSPS) is 19.2.